The van der Waals surface area contributed by atoms with Gasteiger partial charge in [0.15, 0.2) is 0 Å². The highest BCUT2D eigenvalue weighted by atomic mass is 32.1. The molecule has 0 spiro atoms. The van der Waals surface area contributed by atoms with Gasteiger partial charge in [0.05, 0.1) is 21.5 Å². The third-order valence-corrected chi connectivity index (χ3v) is 7.09. The van der Waals surface area contributed by atoms with Crippen molar-refractivity contribution in [3.05, 3.63) is 71.0 Å². The van der Waals surface area contributed by atoms with Crippen LogP contribution in [0.3, 0.4) is 0 Å². The second-order valence-electron chi connectivity index (χ2n) is 8.23. The first-order valence-corrected chi connectivity index (χ1v) is 11.8. The highest BCUT2D eigenvalue weighted by Gasteiger charge is 2.18. The van der Waals surface area contributed by atoms with E-state index in [1.165, 1.54) is 23.2 Å². The Morgan fingerprint density at radius 2 is 2.03 bits per heavy atom. The molecule has 3 aromatic heterocycles. The lowest BCUT2D eigenvalue weighted by Crippen LogP contribution is -2.13. The summed E-state index contributed by atoms with van der Waals surface area (Å²) in [7, 11) is 0. The van der Waals surface area contributed by atoms with E-state index < -0.39 is 0 Å². The van der Waals surface area contributed by atoms with Crippen molar-refractivity contribution in [1.82, 2.24) is 15.0 Å². The van der Waals surface area contributed by atoms with Gasteiger partial charge in [0.1, 0.15) is 18.0 Å². The zero-order valence-electron chi connectivity index (χ0n) is 18.3. The summed E-state index contributed by atoms with van der Waals surface area (Å²) in [4.78, 5) is 26.1. The summed E-state index contributed by atoms with van der Waals surface area (Å²) < 4.78 is 0.710. The average Bonchev–Trinajstić information content (AvgIpc) is 3.48. The summed E-state index contributed by atoms with van der Waals surface area (Å²) in [6.45, 7) is 2.94. The van der Waals surface area contributed by atoms with Crippen LogP contribution in [0.15, 0.2) is 54.3 Å². The first kappa shape index (κ1) is 20.4. The lowest BCUT2D eigenvalue weighted by atomic mass is 10.0. The van der Waals surface area contributed by atoms with Gasteiger partial charge in [0, 0.05) is 40.3 Å². The number of rotatable bonds is 4. The molecule has 1 aliphatic rings. The summed E-state index contributed by atoms with van der Waals surface area (Å²) in [6, 6.07) is 12.2. The number of pyridine rings is 1. The number of thiophene rings is 1. The summed E-state index contributed by atoms with van der Waals surface area (Å²) in [5, 5.41) is 13.5. The number of hydrogen-bond acceptors (Lipinski definition) is 8. The zero-order chi connectivity index (χ0) is 23.2. The quantitative estimate of drug-likeness (QED) is 0.291. The minimum Gasteiger partial charge on any atom is -0.384 e. The lowest BCUT2D eigenvalue weighted by molar-refractivity contribution is 0.102. The highest BCUT2D eigenvalue weighted by molar-refractivity contribution is 7.18. The van der Waals surface area contributed by atoms with Crippen LogP contribution in [0.4, 0.5) is 28.7 Å². The molecular weight excluding hydrogens is 446 g/mol. The van der Waals surface area contributed by atoms with Gasteiger partial charge < -0.3 is 21.7 Å². The van der Waals surface area contributed by atoms with E-state index in [0.717, 1.165) is 52.2 Å². The Morgan fingerprint density at radius 3 is 2.94 bits per heavy atom. The van der Waals surface area contributed by atoms with Crippen LogP contribution in [-0.2, 0) is 6.42 Å². The molecule has 0 saturated heterocycles. The summed E-state index contributed by atoms with van der Waals surface area (Å²) in [5.74, 6) is 0.863. The number of aryl methyl sites for hydroxylation is 1. The molecule has 0 atom stereocenters. The van der Waals surface area contributed by atoms with E-state index in [-0.39, 0.29) is 5.91 Å². The predicted octanol–water partition coefficient (Wildman–Crippen LogP) is 5.09. The number of carbonyl (C=O) groups is 1. The van der Waals surface area contributed by atoms with Crippen LogP contribution in [0.2, 0.25) is 0 Å². The van der Waals surface area contributed by atoms with Crippen molar-refractivity contribution in [1.29, 1.82) is 0 Å². The van der Waals surface area contributed by atoms with E-state index in [1.54, 1.807) is 11.6 Å². The topological polar surface area (TPSA) is 118 Å². The van der Waals surface area contributed by atoms with E-state index in [2.05, 4.69) is 49.1 Å². The molecule has 9 heteroatoms. The van der Waals surface area contributed by atoms with Crippen LogP contribution in [0, 0.1) is 6.92 Å². The van der Waals surface area contributed by atoms with Crippen LogP contribution < -0.4 is 21.7 Å². The number of fused-ring (bicyclic) bond motifs is 3. The van der Waals surface area contributed by atoms with Gasteiger partial charge in [-0.1, -0.05) is 18.2 Å². The van der Waals surface area contributed by atoms with Gasteiger partial charge in [-0.05, 0) is 42.7 Å². The Kier molecular flexibility index (Phi) is 4.77. The molecule has 6 rings (SSSR count). The second kappa shape index (κ2) is 7.96. The molecule has 0 aliphatic carbocycles. The van der Waals surface area contributed by atoms with Crippen molar-refractivity contribution < 1.29 is 4.79 Å². The average molecular weight is 468 g/mol. The van der Waals surface area contributed by atoms with Crippen LogP contribution in [0.25, 0.3) is 21.0 Å². The number of nitrogens with zero attached hydrogens (tertiary/aromatic N) is 3. The van der Waals surface area contributed by atoms with Crippen LogP contribution >= 0.6 is 11.3 Å². The van der Waals surface area contributed by atoms with E-state index in [9.17, 15) is 4.79 Å². The monoisotopic (exact) mass is 467 g/mol. The summed E-state index contributed by atoms with van der Waals surface area (Å²) >= 11 is 1.36. The zero-order valence-corrected chi connectivity index (χ0v) is 19.2. The number of hydrogen-bond donors (Lipinski definition) is 4. The predicted molar refractivity (Wildman–Crippen MR) is 138 cm³/mol. The summed E-state index contributed by atoms with van der Waals surface area (Å²) in [5.41, 5.74) is 12.1. The minimum absolute atomic E-state index is 0.240. The van der Waals surface area contributed by atoms with Gasteiger partial charge >= 0.3 is 0 Å². The molecule has 1 amide bonds. The molecule has 5 aromatic rings. The van der Waals surface area contributed by atoms with Crippen molar-refractivity contribution in [3.63, 3.8) is 0 Å². The fourth-order valence-electron chi connectivity index (χ4n) is 4.35. The SMILES string of the molecule is Cc1ccc2c(Nc3ccc4c(c3)NCC4)nccc2c1NC(=O)c1csc2c(N)ncnc12. The molecule has 0 saturated carbocycles. The van der Waals surface area contributed by atoms with Crippen molar-refractivity contribution in [2.24, 2.45) is 0 Å². The van der Waals surface area contributed by atoms with Gasteiger partial charge in [0.2, 0.25) is 0 Å². The van der Waals surface area contributed by atoms with Crippen LogP contribution in [0.1, 0.15) is 21.5 Å². The highest BCUT2D eigenvalue weighted by Crippen LogP contribution is 2.34. The molecule has 8 nitrogen and oxygen atoms in total. The number of amides is 1. The second-order valence-corrected chi connectivity index (χ2v) is 9.11. The molecule has 34 heavy (non-hydrogen) atoms. The Labute approximate surface area is 199 Å². The van der Waals surface area contributed by atoms with Gasteiger partial charge in [-0.3, -0.25) is 4.79 Å². The van der Waals surface area contributed by atoms with Gasteiger partial charge in [-0.15, -0.1) is 11.3 Å². The summed E-state index contributed by atoms with van der Waals surface area (Å²) in [6.07, 6.45) is 4.17. The Bertz CT molecular complexity index is 1590. The number of nitrogen functional groups attached to an aromatic ring is 1. The fraction of sp³-hybridized carbons (Fsp3) is 0.120. The molecule has 1 aliphatic heterocycles. The minimum atomic E-state index is -0.240. The Balaban J connectivity index is 1.37. The first-order chi connectivity index (χ1) is 16.6. The lowest BCUT2D eigenvalue weighted by Gasteiger charge is -2.15. The molecule has 4 heterocycles. The molecular formula is C25H21N7OS. The number of aromatic nitrogens is 3. The molecule has 0 radical (unpaired) electrons. The third kappa shape index (κ3) is 3.37. The molecule has 168 valence electrons. The number of nitrogens with two attached hydrogens (primary N) is 1. The van der Waals surface area contributed by atoms with Gasteiger partial charge in [-0.2, -0.15) is 0 Å². The molecule has 0 bridgehead atoms. The smallest absolute Gasteiger partial charge is 0.258 e. The molecule has 0 unspecified atom stereocenters. The molecule has 2 aromatic carbocycles. The first-order valence-electron chi connectivity index (χ1n) is 10.9. The number of anilines is 5. The maximum atomic E-state index is 13.2. The van der Waals surface area contributed by atoms with Crippen LogP contribution in [0.5, 0.6) is 0 Å². The standard InChI is InChI=1S/C25H21N7OS/c1-13-2-5-17-16(7-9-28-24(17)31-15-4-3-14-6-8-27-19(14)10-15)20(13)32-25(33)18-11-34-22-21(18)29-12-30-23(22)26/h2-5,7,9-12,27H,6,8H2,1H3,(H,28,31)(H,32,33)(H2,26,29,30). The Hall–Kier alpha value is -4.24. The fourth-order valence-corrected chi connectivity index (χ4v) is 5.25. The molecule has 5 N–H and O–H groups in total. The van der Waals surface area contributed by atoms with E-state index in [0.29, 0.717) is 21.6 Å². The number of nitrogens with one attached hydrogen (secondary N) is 3. The van der Waals surface area contributed by atoms with E-state index in [1.807, 2.05) is 25.1 Å². The molecule has 0 fully saturated rings. The van der Waals surface area contributed by atoms with Crippen molar-refractivity contribution >= 4 is 66.9 Å². The van der Waals surface area contributed by atoms with Crippen molar-refractivity contribution in [2.75, 3.05) is 28.2 Å². The normalized spacial score (nSPS) is 12.5. The third-order valence-electron chi connectivity index (χ3n) is 6.10. The maximum absolute atomic E-state index is 13.2. The number of benzene rings is 2. The van der Waals surface area contributed by atoms with E-state index in [4.69, 9.17) is 5.73 Å². The maximum Gasteiger partial charge on any atom is 0.258 e. The van der Waals surface area contributed by atoms with Crippen LogP contribution in [-0.4, -0.2) is 27.4 Å². The Morgan fingerprint density at radius 1 is 1.12 bits per heavy atom. The largest absolute Gasteiger partial charge is 0.384 e. The van der Waals surface area contributed by atoms with Gasteiger partial charge in [0.25, 0.3) is 5.91 Å². The van der Waals surface area contributed by atoms with Crippen molar-refractivity contribution in [2.45, 2.75) is 13.3 Å². The number of carbonyl (C=O) groups excluding carboxylic acids is 1. The van der Waals surface area contributed by atoms with E-state index >= 15 is 0 Å². The van der Waals surface area contributed by atoms with Gasteiger partial charge in [-0.25, -0.2) is 15.0 Å². The van der Waals surface area contributed by atoms with Crippen molar-refractivity contribution in [3.8, 4) is 0 Å².